The molecule has 1 unspecified atom stereocenters. The molecule has 0 amide bonds. The minimum atomic E-state index is -0.150. The van der Waals surface area contributed by atoms with Crippen molar-refractivity contribution >= 4 is 48.2 Å². The maximum absolute atomic E-state index is 11.3. The first-order valence-corrected chi connectivity index (χ1v) is 8.55. The number of carbonyl (C=O) groups is 1. The summed E-state index contributed by atoms with van der Waals surface area (Å²) in [6.45, 7) is 2.16. The minimum Gasteiger partial charge on any atom is -0.494 e. The van der Waals surface area contributed by atoms with E-state index in [2.05, 4.69) is 22.0 Å². The Balaban J connectivity index is 2.64. The monoisotopic (exact) mass is 389 g/mol. The highest BCUT2D eigenvalue weighted by atomic mass is 127. The normalized spacial score (nSPS) is 18.8. The van der Waals surface area contributed by atoms with Crippen LogP contribution in [0.3, 0.4) is 0 Å². The van der Waals surface area contributed by atoms with Crippen molar-refractivity contribution in [3.63, 3.8) is 0 Å². The molecule has 1 aromatic heterocycles. The van der Waals surface area contributed by atoms with Gasteiger partial charge in [-0.1, -0.05) is 30.7 Å². The second kappa shape index (κ2) is 6.43. The first-order chi connectivity index (χ1) is 9.15. The van der Waals surface area contributed by atoms with E-state index in [1.54, 1.807) is 19.4 Å². The Morgan fingerprint density at radius 1 is 1.53 bits per heavy atom. The summed E-state index contributed by atoms with van der Waals surface area (Å²) >= 11 is 5.80. The molecule has 1 aliphatic heterocycles. The van der Waals surface area contributed by atoms with Crippen LogP contribution in [0.15, 0.2) is 30.0 Å². The molecule has 0 fully saturated rings. The summed E-state index contributed by atoms with van der Waals surface area (Å²) in [6.07, 6.45) is 6.41. The zero-order valence-corrected chi connectivity index (χ0v) is 13.5. The number of allylic oxidation sites excluding steroid dienone is 4. The molecule has 5 heteroatoms. The molecule has 0 radical (unpaired) electrons. The largest absolute Gasteiger partial charge is 0.494 e. The predicted octanol–water partition coefficient (Wildman–Crippen LogP) is 3.43. The number of methoxy groups -OCH3 is 1. The number of rotatable bonds is 3. The van der Waals surface area contributed by atoms with E-state index in [1.807, 2.05) is 6.08 Å². The zero-order chi connectivity index (χ0) is 13.8. The molecule has 0 N–H and O–H groups in total. The van der Waals surface area contributed by atoms with Gasteiger partial charge in [-0.05, 0) is 10.1 Å². The van der Waals surface area contributed by atoms with Crippen LogP contribution in [-0.2, 0) is 4.79 Å². The van der Waals surface area contributed by atoms with Crippen molar-refractivity contribution < 1.29 is 9.53 Å². The SMILES string of the molecule is COc1cnc(Cl)cc1C1=C(C=O)C=CC(C)I=C1. The number of aromatic nitrogens is 1. The van der Waals surface area contributed by atoms with Crippen molar-refractivity contribution in [1.82, 2.24) is 4.98 Å². The summed E-state index contributed by atoms with van der Waals surface area (Å²) in [4.78, 5) is 15.3. The molecule has 1 aromatic rings. The lowest BCUT2D eigenvalue weighted by atomic mass is 10.0. The van der Waals surface area contributed by atoms with E-state index < -0.39 is 0 Å². The van der Waals surface area contributed by atoms with E-state index in [9.17, 15) is 4.79 Å². The van der Waals surface area contributed by atoms with Crippen LogP contribution in [0.2, 0.25) is 5.15 Å². The highest BCUT2D eigenvalue weighted by Crippen LogP contribution is 2.31. The van der Waals surface area contributed by atoms with Crippen LogP contribution in [0.4, 0.5) is 0 Å². The Morgan fingerprint density at radius 3 is 3.00 bits per heavy atom. The molecule has 0 bridgehead atoms. The Morgan fingerprint density at radius 2 is 2.32 bits per heavy atom. The van der Waals surface area contributed by atoms with Crippen molar-refractivity contribution in [1.29, 1.82) is 0 Å². The quantitative estimate of drug-likeness (QED) is 0.344. The van der Waals surface area contributed by atoms with Crippen LogP contribution in [0, 0.1) is 0 Å². The van der Waals surface area contributed by atoms with E-state index in [-0.39, 0.29) is 20.7 Å². The number of aldehydes is 1. The van der Waals surface area contributed by atoms with Gasteiger partial charge in [0.15, 0.2) is 6.29 Å². The standard InChI is InChI=1S/C14H13ClINO2/c1-9-3-4-10(8-18)12(6-16-9)11-5-14(15)17-7-13(11)19-2/h3-9H,1-2H3. The van der Waals surface area contributed by atoms with Gasteiger partial charge in [0.05, 0.1) is 13.3 Å². The van der Waals surface area contributed by atoms with Crippen molar-refractivity contribution in [3.05, 3.63) is 40.7 Å². The number of pyridine rings is 1. The van der Waals surface area contributed by atoms with Gasteiger partial charge in [0.25, 0.3) is 0 Å². The average molecular weight is 390 g/mol. The van der Waals surface area contributed by atoms with Gasteiger partial charge in [-0.3, -0.25) is 4.79 Å². The molecular formula is C14H13ClINO2. The predicted molar refractivity (Wildman–Crippen MR) is 87.5 cm³/mol. The fourth-order valence-electron chi connectivity index (χ4n) is 1.70. The summed E-state index contributed by atoms with van der Waals surface area (Å²) in [5.74, 6) is 0.627. The third-order valence-electron chi connectivity index (χ3n) is 2.69. The minimum absolute atomic E-state index is 0.150. The molecule has 1 aliphatic rings. The number of carbonyl (C=O) groups excluding carboxylic acids is 1. The van der Waals surface area contributed by atoms with Gasteiger partial charge in [-0.15, -0.1) is 20.7 Å². The van der Waals surface area contributed by atoms with Gasteiger partial charge < -0.3 is 4.74 Å². The smallest absolute Gasteiger partial charge is 0.150 e. The van der Waals surface area contributed by atoms with E-state index in [0.29, 0.717) is 20.4 Å². The van der Waals surface area contributed by atoms with Crippen molar-refractivity contribution in [2.45, 2.75) is 10.8 Å². The highest BCUT2D eigenvalue weighted by molar-refractivity contribution is 14.2. The van der Waals surface area contributed by atoms with Gasteiger partial charge in [-0.25, -0.2) is 4.98 Å². The number of halogens is 2. The molecule has 3 nitrogen and oxygen atoms in total. The van der Waals surface area contributed by atoms with Gasteiger partial charge in [0, 0.05) is 20.6 Å². The van der Waals surface area contributed by atoms with Gasteiger partial charge in [0.2, 0.25) is 0 Å². The van der Waals surface area contributed by atoms with Crippen LogP contribution in [0.5, 0.6) is 5.75 Å². The van der Waals surface area contributed by atoms with Crippen molar-refractivity contribution in [2.75, 3.05) is 7.11 Å². The van der Waals surface area contributed by atoms with Crippen molar-refractivity contribution in [3.8, 4) is 5.75 Å². The average Bonchev–Trinajstić information content (AvgIpc) is 2.60. The first kappa shape index (κ1) is 14.4. The summed E-state index contributed by atoms with van der Waals surface area (Å²) in [6, 6.07) is 1.74. The summed E-state index contributed by atoms with van der Waals surface area (Å²) in [5.41, 5.74) is 2.37. The zero-order valence-electron chi connectivity index (χ0n) is 10.6. The number of alkyl halides is 1. The molecule has 100 valence electrons. The second-order valence-corrected chi connectivity index (χ2v) is 7.66. The van der Waals surface area contributed by atoms with Crippen molar-refractivity contribution in [2.24, 2.45) is 0 Å². The molecule has 1 atom stereocenters. The lowest BCUT2D eigenvalue weighted by Crippen LogP contribution is -1.97. The van der Waals surface area contributed by atoms with Gasteiger partial charge >= 0.3 is 0 Å². The number of hydrogen-bond donors (Lipinski definition) is 0. The maximum atomic E-state index is 11.3. The van der Waals surface area contributed by atoms with Crippen LogP contribution in [-0.4, -0.2) is 26.3 Å². The van der Waals surface area contributed by atoms with Crippen LogP contribution < -0.4 is 4.74 Å². The van der Waals surface area contributed by atoms with Crippen LogP contribution in [0.1, 0.15) is 12.5 Å². The number of ether oxygens (including phenoxy) is 1. The Labute approximate surface area is 127 Å². The molecule has 0 aromatic carbocycles. The third-order valence-corrected chi connectivity index (χ3v) is 5.43. The fourth-order valence-corrected chi connectivity index (χ4v) is 3.93. The van der Waals surface area contributed by atoms with E-state index in [4.69, 9.17) is 16.3 Å². The molecule has 0 spiro atoms. The number of hydrogen-bond acceptors (Lipinski definition) is 3. The molecule has 0 saturated heterocycles. The van der Waals surface area contributed by atoms with Crippen LogP contribution >= 0.6 is 32.3 Å². The van der Waals surface area contributed by atoms with Crippen LogP contribution in [0.25, 0.3) is 5.57 Å². The Kier molecular flexibility index (Phi) is 4.87. The van der Waals surface area contributed by atoms with E-state index in [1.165, 1.54) is 0 Å². The molecule has 2 rings (SSSR count). The summed E-state index contributed by atoms with van der Waals surface area (Å²) in [5, 5.41) is 0.390. The molecule has 19 heavy (non-hydrogen) atoms. The molecular weight excluding hydrogens is 377 g/mol. The Bertz CT molecular complexity index is 593. The topological polar surface area (TPSA) is 39.2 Å². The van der Waals surface area contributed by atoms with Gasteiger partial charge in [0.1, 0.15) is 10.9 Å². The third kappa shape index (κ3) is 3.30. The summed E-state index contributed by atoms with van der Waals surface area (Å²) < 4.78 is 7.97. The first-order valence-electron chi connectivity index (χ1n) is 5.68. The molecule has 0 saturated carbocycles. The molecule has 2 heterocycles. The second-order valence-electron chi connectivity index (χ2n) is 3.97. The lowest BCUT2D eigenvalue weighted by molar-refractivity contribution is -0.104. The Hall–Kier alpha value is -1.01. The number of nitrogens with zero attached hydrogens (tertiary/aromatic N) is 1. The summed E-state index contributed by atoms with van der Waals surface area (Å²) in [7, 11) is 1.58. The van der Waals surface area contributed by atoms with E-state index >= 15 is 0 Å². The molecule has 0 aliphatic carbocycles. The maximum Gasteiger partial charge on any atom is 0.150 e. The van der Waals surface area contributed by atoms with E-state index in [0.717, 1.165) is 17.4 Å². The fraction of sp³-hybridized carbons (Fsp3) is 0.214. The highest BCUT2D eigenvalue weighted by Gasteiger charge is 2.14. The lowest BCUT2D eigenvalue weighted by Gasteiger charge is -2.10. The van der Waals surface area contributed by atoms with Gasteiger partial charge in [-0.2, -0.15) is 0 Å².